The molecular weight excluding hydrogens is 430 g/mol. The van der Waals surface area contributed by atoms with Gasteiger partial charge in [0.1, 0.15) is 0 Å². The second kappa shape index (κ2) is 8.85. The number of hydrogen-bond acceptors (Lipinski definition) is 3. The van der Waals surface area contributed by atoms with Crippen LogP contribution in [-0.4, -0.2) is 15.9 Å². The maximum absolute atomic E-state index is 13.0. The van der Waals surface area contributed by atoms with Gasteiger partial charge < -0.3 is 5.32 Å². The van der Waals surface area contributed by atoms with E-state index in [2.05, 4.69) is 5.32 Å². The van der Waals surface area contributed by atoms with E-state index in [0.29, 0.717) is 21.8 Å². The number of hydrogen-bond donors (Lipinski definition) is 1. The molecule has 0 radical (unpaired) electrons. The largest absolute Gasteiger partial charge is 0.322 e. The predicted molar refractivity (Wildman–Crippen MR) is 135 cm³/mol. The minimum Gasteiger partial charge on any atom is -0.322 e. The first-order chi connectivity index (χ1) is 16.1. The van der Waals surface area contributed by atoms with Gasteiger partial charge in [-0.15, -0.1) is 0 Å². The molecule has 4 aromatic carbocycles. The summed E-state index contributed by atoms with van der Waals surface area (Å²) in [7, 11) is 0. The highest BCUT2D eigenvalue weighted by molar-refractivity contribution is 6.31. The second-order valence-corrected chi connectivity index (χ2v) is 8.21. The Labute approximate surface area is 196 Å². The van der Waals surface area contributed by atoms with Gasteiger partial charge in [-0.3, -0.25) is 4.79 Å². The van der Waals surface area contributed by atoms with Crippen molar-refractivity contribution in [2.75, 3.05) is 5.32 Å². The molecule has 0 saturated carbocycles. The fourth-order valence-electron chi connectivity index (χ4n) is 3.71. The smallest absolute Gasteiger partial charge is 0.255 e. The second-order valence-electron chi connectivity index (χ2n) is 7.77. The highest BCUT2D eigenvalue weighted by Gasteiger charge is 2.15. The quantitative estimate of drug-likeness (QED) is 0.316. The van der Waals surface area contributed by atoms with E-state index in [1.165, 1.54) is 0 Å². The molecule has 0 fully saturated rings. The van der Waals surface area contributed by atoms with Crippen LogP contribution in [-0.2, 0) is 0 Å². The number of anilines is 1. The molecule has 0 bridgehead atoms. The molecule has 4 nitrogen and oxygen atoms in total. The average Bonchev–Trinajstić information content (AvgIpc) is 2.86. The van der Waals surface area contributed by atoms with Gasteiger partial charge in [0, 0.05) is 27.4 Å². The van der Waals surface area contributed by atoms with Crippen molar-refractivity contribution >= 4 is 34.2 Å². The van der Waals surface area contributed by atoms with Crippen molar-refractivity contribution in [1.29, 1.82) is 0 Å². The average molecular weight is 450 g/mol. The van der Waals surface area contributed by atoms with Gasteiger partial charge in [-0.2, -0.15) is 0 Å². The van der Waals surface area contributed by atoms with Crippen LogP contribution >= 0.6 is 11.6 Å². The summed E-state index contributed by atoms with van der Waals surface area (Å²) in [5.74, 6) is -0.225. The molecule has 5 aromatic rings. The van der Waals surface area contributed by atoms with E-state index in [-0.39, 0.29) is 5.91 Å². The number of aromatic nitrogens is 2. The van der Waals surface area contributed by atoms with Gasteiger partial charge in [-0.1, -0.05) is 78.3 Å². The maximum Gasteiger partial charge on any atom is 0.255 e. The van der Waals surface area contributed by atoms with Gasteiger partial charge in [-0.05, 0) is 42.8 Å². The lowest BCUT2D eigenvalue weighted by atomic mass is 10.0. The molecule has 0 aliphatic rings. The molecule has 0 aliphatic heterocycles. The first kappa shape index (κ1) is 20.9. The molecule has 1 N–H and O–H groups in total. The van der Waals surface area contributed by atoms with Crippen molar-refractivity contribution in [2.45, 2.75) is 6.92 Å². The maximum atomic E-state index is 13.0. The van der Waals surface area contributed by atoms with Crippen molar-refractivity contribution in [3.8, 4) is 22.5 Å². The first-order valence-electron chi connectivity index (χ1n) is 10.6. The Bertz CT molecular complexity index is 1470. The van der Waals surface area contributed by atoms with E-state index in [0.717, 1.165) is 33.6 Å². The summed E-state index contributed by atoms with van der Waals surface area (Å²) in [4.78, 5) is 22.8. The monoisotopic (exact) mass is 449 g/mol. The van der Waals surface area contributed by atoms with E-state index in [1.54, 1.807) is 24.3 Å². The Morgan fingerprint density at radius 1 is 0.727 bits per heavy atom. The molecule has 5 heteroatoms. The molecule has 33 heavy (non-hydrogen) atoms. The van der Waals surface area contributed by atoms with Crippen LogP contribution in [0.3, 0.4) is 0 Å². The molecule has 0 saturated heterocycles. The molecule has 1 heterocycles. The lowest BCUT2D eigenvalue weighted by Crippen LogP contribution is -2.13. The Hall–Kier alpha value is -4.02. The zero-order valence-corrected chi connectivity index (χ0v) is 18.7. The van der Waals surface area contributed by atoms with E-state index < -0.39 is 0 Å². The van der Waals surface area contributed by atoms with Gasteiger partial charge in [-0.25, -0.2) is 9.97 Å². The molecule has 1 amide bonds. The summed E-state index contributed by atoms with van der Waals surface area (Å²) in [5, 5.41) is 3.51. The number of carbonyl (C=O) groups is 1. The van der Waals surface area contributed by atoms with Crippen molar-refractivity contribution < 1.29 is 4.79 Å². The Morgan fingerprint density at radius 3 is 1.97 bits per heavy atom. The summed E-state index contributed by atoms with van der Waals surface area (Å²) in [6, 6.07) is 30.8. The summed E-state index contributed by atoms with van der Waals surface area (Å²) < 4.78 is 0. The van der Waals surface area contributed by atoms with Crippen LogP contribution in [0.2, 0.25) is 5.02 Å². The number of nitrogens with zero attached hydrogens (tertiary/aromatic N) is 2. The normalized spacial score (nSPS) is 10.8. The Balaban J connectivity index is 1.59. The Morgan fingerprint density at radius 2 is 1.33 bits per heavy atom. The fraction of sp³-hybridized carbons (Fsp3) is 0.0357. The summed E-state index contributed by atoms with van der Waals surface area (Å²) >= 11 is 6.10. The summed E-state index contributed by atoms with van der Waals surface area (Å²) in [5.41, 5.74) is 7.05. The molecule has 5 rings (SSSR count). The summed E-state index contributed by atoms with van der Waals surface area (Å²) in [6.45, 7) is 1.93. The molecule has 1 aromatic heterocycles. The van der Waals surface area contributed by atoms with Crippen LogP contribution in [0.25, 0.3) is 33.5 Å². The van der Waals surface area contributed by atoms with Crippen LogP contribution in [0.15, 0.2) is 97.1 Å². The molecule has 0 spiro atoms. The number of halogens is 1. The van der Waals surface area contributed by atoms with E-state index in [4.69, 9.17) is 21.6 Å². The third kappa shape index (κ3) is 4.34. The molecule has 0 unspecified atom stereocenters. The third-order valence-corrected chi connectivity index (χ3v) is 5.70. The van der Waals surface area contributed by atoms with Crippen LogP contribution < -0.4 is 5.32 Å². The molecule has 160 valence electrons. The topological polar surface area (TPSA) is 54.9 Å². The van der Waals surface area contributed by atoms with E-state index in [9.17, 15) is 4.79 Å². The number of fused-ring (bicyclic) bond motifs is 1. The number of nitrogens with one attached hydrogen (secondary N) is 1. The highest BCUT2D eigenvalue weighted by Crippen LogP contribution is 2.31. The highest BCUT2D eigenvalue weighted by atomic mass is 35.5. The van der Waals surface area contributed by atoms with E-state index in [1.807, 2.05) is 79.7 Å². The van der Waals surface area contributed by atoms with Gasteiger partial charge in [0.25, 0.3) is 5.91 Å². The van der Waals surface area contributed by atoms with Gasteiger partial charge in [0.05, 0.1) is 22.4 Å². The number of amides is 1. The van der Waals surface area contributed by atoms with Gasteiger partial charge >= 0.3 is 0 Å². The Kier molecular flexibility index (Phi) is 5.59. The van der Waals surface area contributed by atoms with Crippen molar-refractivity contribution in [3.05, 3.63) is 113 Å². The third-order valence-electron chi connectivity index (χ3n) is 5.47. The number of aryl methyl sites for hydroxylation is 1. The van der Waals surface area contributed by atoms with Gasteiger partial charge in [0.15, 0.2) is 0 Å². The van der Waals surface area contributed by atoms with Crippen molar-refractivity contribution in [2.24, 2.45) is 0 Å². The lowest BCUT2D eigenvalue weighted by Gasteiger charge is -2.12. The van der Waals surface area contributed by atoms with Crippen LogP contribution in [0, 0.1) is 6.92 Å². The number of benzene rings is 4. The molecular formula is C28H20ClN3O. The SMILES string of the molecule is Cc1ccc(Cl)cc1NC(=O)c1ccc2nc(-c3ccccc3)c(-c3ccccc3)nc2c1. The number of carbonyl (C=O) groups excluding carboxylic acids is 1. The first-order valence-corrected chi connectivity index (χ1v) is 11.0. The predicted octanol–water partition coefficient (Wildman–Crippen LogP) is 7.18. The van der Waals surface area contributed by atoms with Crippen molar-refractivity contribution in [3.63, 3.8) is 0 Å². The zero-order valence-electron chi connectivity index (χ0n) is 17.9. The van der Waals surface area contributed by atoms with E-state index >= 15 is 0 Å². The standard InChI is InChI=1S/C28H20ClN3O/c1-18-12-14-22(29)17-24(18)32-28(33)21-13-15-23-25(16-21)31-27(20-10-6-3-7-11-20)26(30-23)19-8-4-2-5-9-19/h2-17H,1H3,(H,32,33). The minimum absolute atomic E-state index is 0.225. The van der Waals surface area contributed by atoms with Crippen LogP contribution in [0.4, 0.5) is 5.69 Å². The minimum atomic E-state index is -0.225. The van der Waals surface area contributed by atoms with Gasteiger partial charge in [0.2, 0.25) is 0 Å². The molecule has 0 atom stereocenters. The fourth-order valence-corrected chi connectivity index (χ4v) is 3.89. The summed E-state index contributed by atoms with van der Waals surface area (Å²) in [6.07, 6.45) is 0. The van der Waals surface area contributed by atoms with Crippen molar-refractivity contribution in [1.82, 2.24) is 9.97 Å². The van der Waals surface area contributed by atoms with Crippen LogP contribution in [0.5, 0.6) is 0 Å². The zero-order chi connectivity index (χ0) is 22.8. The lowest BCUT2D eigenvalue weighted by molar-refractivity contribution is 0.102. The number of rotatable bonds is 4. The molecule has 0 aliphatic carbocycles. The van der Waals surface area contributed by atoms with Crippen LogP contribution in [0.1, 0.15) is 15.9 Å².